The Labute approximate surface area is 247 Å². The quantitative estimate of drug-likeness (QED) is 0.240. The van der Waals surface area contributed by atoms with E-state index in [9.17, 15) is 19.4 Å². The zero-order chi connectivity index (χ0) is 28.3. The fraction of sp³-hybridized carbons (Fsp3) is 0.414. The number of fused-ring (bicyclic) bond motifs is 1. The molecule has 3 aliphatic carbocycles. The SMILES string of the molecule is O=C(O)c1cc(F)c2nc(C3(O)C4COC45CC(OCc4c(-c6c(Cl)cccc6Cl)noc4C4CC4)CC53)sc2c1. The minimum Gasteiger partial charge on any atom is -0.478 e. The molecule has 0 bridgehead atoms. The largest absolute Gasteiger partial charge is 0.478 e. The van der Waals surface area contributed by atoms with Gasteiger partial charge < -0.3 is 24.2 Å². The fourth-order valence-corrected chi connectivity index (χ4v) is 8.92. The highest BCUT2D eigenvalue weighted by atomic mass is 35.5. The summed E-state index contributed by atoms with van der Waals surface area (Å²) < 4.78 is 33.4. The molecule has 0 radical (unpaired) electrons. The van der Waals surface area contributed by atoms with Crippen molar-refractivity contribution in [3.05, 3.63) is 68.1 Å². The van der Waals surface area contributed by atoms with E-state index in [1.807, 2.05) is 0 Å². The topological polar surface area (TPSA) is 115 Å². The third-order valence-electron chi connectivity index (χ3n) is 9.27. The summed E-state index contributed by atoms with van der Waals surface area (Å²) in [5.74, 6) is -1.34. The summed E-state index contributed by atoms with van der Waals surface area (Å²) in [6.45, 7) is 0.609. The van der Waals surface area contributed by atoms with E-state index in [2.05, 4.69) is 10.1 Å². The number of ether oxygens (including phenoxy) is 2. The smallest absolute Gasteiger partial charge is 0.335 e. The van der Waals surface area contributed by atoms with Crippen LogP contribution in [-0.4, -0.2) is 44.6 Å². The van der Waals surface area contributed by atoms with E-state index in [1.54, 1.807) is 18.2 Å². The number of carboxylic acids is 1. The number of rotatable bonds is 7. The first-order valence-corrected chi connectivity index (χ1v) is 15.0. The van der Waals surface area contributed by atoms with Crippen LogP contribution >= 0.6 is 34.5 Å². The minimum atomic E-state index is -1.30. The summed E-state index contributed by atoms with van der Waals surface area (Å²) in [7, 11) is 0. The number of aromatic carboxylic acids is 1. The molecular formula is C29H23Cl2FN2O6S. The number of carboxylic acid groups (broad SMARTS) is 1. The molecule has 1 spiro atoms. The van der Waals surface area contributed by atoms with Gasteiger partial charge in [-0.25, -0.2) is 14.2 Å². The first-order valence-electron chi connectivity index (χ1n) is 13.4. The predicted octanol–water partition coefficient (Wildman–Crippen LogP) is 6.55. The molecule has 3 heterocycles. The Bertz CT molecular complexity index is 1740. The van der Waals surface area contributed by atoms with Crippen molar-refractivity contribution in [2.45, 2.75) is 55.5 Å². The second-order valence-electron chi connectivity index (χ2n) is 11.4. The van der Waals surface area contributed by atoms with E-state index in [-0.39, 0.29) is 35.6 Å². The summed E-state index contributed by atoms with van der Waals surface area (Å²) in [6.07, 6.45) is 2.97. The third kappa shape index (κ3) is 3.64. The van der Waals surface area contributed by atoms with Crippen molar-refractivity contribution in [1.29, 1.82) is 0 Å². The van der Waals surface area contributed by atoms with Crippen LogP contribution in [0.25, 0.3) is 21.5 Å². The van der Waals surface area contributed by atoms with Crippen LogP contribution < -0.4 is 0 Å². The van der Waals surface area contributed by atoms with Crippen molar-refractivity contribution < 1.29 is 33.4 Å². The molecule has 1 aliphatic heterocycles. The van der Waals surface area contributed by atoms with Crippen molar-refractivity contribution in [2.24, 2.45) is 11.8 Å². The molecule has 4 aromatic rings. The number of aliphatic hydroxyl groups is 1. The Kier molecular flexibility index (Phi) is 5.69. The maximum Gasteiger partial charge on any atom is 0.335 e. The van der Waals surface area contributed by atoms with Gasteiger partial charge in [-0.05, 0) is 43.5 Å². The molecule has 41 heavy (non-hydrogen) atoms. The molecule has 3 saturated carbocycles. The molecule has 5 atom stereocenters. The van der Waals surface area contributed by atoms with Crippen LogP contribution in [0.2, 0.25) is 10.0 Å². The molecule has 0 amide bonds. The normalized spacial score (nSPS) is 30.1. The second-order valence-corrected chi connectivity index (χ2v) is 13.3. The van der Waals surface area contributed by atoms with Gasteiger partial charge >= 0.3 is 5.97 Å². The van der Waals surface area contributed by atoms with Crippen molar-refractivity contribution in [3.8, 4) is 11.3 Å². The monoisotopic (exact) mass is 616 g/mol. The minimum absolute atomic E-state index is 0.0674. The molecule has 4 aliphatic rings. The van der Waals surface area contributed by atoms with Crippen LogP contribution in [-0.2, 0) is 21.7 Å². The van der Waals surface area contributed by atoms with Gasteiger partial charge in [-0.3, -0.25) is 0 Å². The molecule has 4 fully saturated rings. The van der Waals surface area contributed by atoms with Gasteiger partial charge in [0.15, 0.2) is 5.82 Å². The highest BCUT2D eigenvalue weighted by Gasteiger charge is 2.80. The molecule has 1 saturated heterocycles. The van der Waals surface area contributed by atoms with Crippen LogP contribution in [0, 0.1) is 17.7 Å². The van der Waals surface area contributed by atoms with Crippen molar-refractivity contribution in [3.63, 3.8) is 0 Å². The highest BCUT2D eigenvalue weighted by Crippen LogP contribution is 2.72. The van der Waals surface area contributed by atoms with Crippen LogP contribution in [0.1, 0.15) is 58.3 Å². The lowest BCUT2D eigenvalue weighted by molar-refractivity contribution is -0.389. The van der Waals surface area contributed by atoms with Gasteiger partial charge in [0, 0.05) is 35.3 Å². The first-order chi connectivity index (χ1) is 19.7. The molecular weight excluding hydrogens is 594 g/mol. The lowest BCUT2D eigenvalue weighted by Gasteiger charge is -2.68. The summed E-state index contributed by atoms with van der Waals surface area (Å²) in [6, 6.07) is 7.66. The highest BCUT2D eigenvalue weighted by molar-refractivity contribution is 7.18. The Hall–Kier alpha value is -2.60. The van der Waals surface area contributed by atoms with Crippen LogP contribution in [0.4, 0.5) is 4.39 Å². The Balaban J connectivity index is 1.07. The number of nitrogens with zero attached hydrogens (tertiary/aromatic N) is 2. The van der Waals surface area contributed by atoms with Crippen LogP contribution in [0.15, 0.2) is 34.9 Å². The Morgan fingerprint density at radius 3 is 2.68 bits per heavy atom. The second kappa shape index (κ2) is 8.95. The zero-order valence-electron chi connectivity index (χ0n) is 21.4. The molecule has 2 aromatic heterocycles. The van der Waals surface area contributed by atoms with Crippen molar-refractivity contribution in [1.82, 2.24) is 10.1 Å². The maximum absolute atomic E-state index is 14.7. The zero-order valence-corrected chi connectivity index (χ0v) is 23.7. The Morgan fingerprint density at radius 1 is 1.22 bits per heavy atom. The van der Waals surface area contributed by atoms with Gasteiger partial charge in [0.2, 0.25) is 0 Å². The van der Waals surface area contributed by atoms with Gasteiger partial charge in [-0.15, -0.1) is 11.3 Å². The molecule has 212 valence electrons. The number of carbonyl (C=O) groups is 1. The van der Waals surface area contributed by atoms with Crippen molar-refractivity contribution in [2.75, 3.05) is 6.61 Å². The van der Waals surface area contributed by atoms with E-state index in [1.165, 1.54) is 6.07 Å². The maximum atomic E-state index is 14.7. The van der Waals surface area contributed by atoms with Crippen molar-refractivity contribution >= 4 is 50.7 Å². The lowest BCUT2D eigenvalue weighted by Crippen LogP contribution is -2.78. The predicted molar refractivity (Wildman–Crippen MR) is 148 cm³/mol. The summed E-state index contributed by atoms with van der Waals surface area (Å²) >= 11 is 14.1. The average molecular weight is 617 g/mol. The van der Waals surface area contributed by atoms with Gasteiger partial charge in [0.1, 0.15) is 27.6 Å². The van der Waals surface area contributed by atoms with E-state index in [0.717, 1.165) is 41.6 Å². The molecule has 5 unspecified atom stereocenters. The number of aromatic nitrogens is 2. The summed E-state index contributed by atoms with van der Waals surface area (Å²) in [4.78, 5) is 15.9. The number of benzene rings is 2. The van der Waals surface area contributed by atoms with Gasteiger partial charge in [-0.1, -0.05) is 34.4 Å². The molecule has 2 N–H and O–H groups in total. The number of hydrogen-bond acceptors (Lipinski definition) is 8. The lowest BCUT2D eigenvalue weighted by atomic mass is 9.49. The average Bonchev–Trinajstić information content (AvgIpc) is 3.36. The number of halogens is 3. The Morgan fingerprint density at radius 2 is 2.00 bits per heavy atom. The van der Waals surface area contributed by atoms with Gasteiger partial charge in [-0.2, -0.15) is 0 Å². The third-order valence-corrected chi connectivity index (χ3v) is 11.0. The first kappa shape index (κ1) is 26.1. The molecule has 8 nitrogen and oxygen atoms in total. The number of hydrogen-bond donors (Lipinski definition) is 2. The van der Waals surface area contributed by atoms with Gasteiger partial charge in [0.25, 0.3) is 0 Å². The van der Waals surface area contributed by atoms with Crippen LogP contribution in [0.5, 0.6) is 0 Å². The van der Waals surface area contributed by atoms with Gasteiger partial charge in [0.05, 0.1) is 45.2 Å². The summed E-state index contributed by atoms with van der Waals surface area (Å²) in [5, 5.41) is 27.0. The van der Waals surface area contributed by atoms with E-state index in [4.69, 9.17) is 37.2 Å². The number of thiazole rings is 1. The standard InChI is InChI=1S/C29H23Cl2FN2O6S/c30-16-2-1-3-17(31)22(16)23-15(25(40-34-23)12-4-5-12)10-38-14-8-20-28(9-14)21(11-39-28)29(20,37)27-33-24-18(32)6-13(26(35)36)7-19(24)41-27/h1-3,6-7,12,14,20-21,37H,4-5,8-11H2,(H,35,36). The van der Waals surface area contributed by atoms with Crippen LogP contribution in [0.3, 0.4) is 0 Å². The molecule has 2 aromatic carbocycles. The van der Waals surface area contributed by atoms with E-state index in [0.29, 0.717) is 56.4 Å². The fourth-order valence-electron chi connectivity index (χ4n) is 7.13. The van der Waals surface area contributed by atoms with E-state index < -0.39 is 23.0 Å². The molecule has 12 heteroatoms. The van der Waals surface area contributed by atoms with E-state index >= 15 is 0 Å². The summed E-state index contributed by atoms with van der Waals surface area (Å²) in [5.41, 5.74) is 0.106. The molecule has 8 rings (SSSR count).